The van der Waals surface area contributed by atoms with Crippen LogP contribution in [0.2, 0.25) is 5.15 Å². The highest BCUT2D eigenvalue weighted by Crippen LogP contribution is 2.53. The zero-order chi connectivity index (χ0) is 24.1. The molecule has 184 valence electrons. The number of anilines is 1. The average molecular weight is 486 g/mol. The lowest BCUT2D eigenvalue weighted by Gasteiger charge is -2.53. The largest absolute Gasteiger partial charge is 0.444 e. The van der Waals surface area contributed by atoms with Crippen LogP contribution in [0.15, 0.2) is 18.3 Å². The molecule has 0 aromatic carbocycles. The molecule has 1 N–H and O–H groups in total. The van der Waals surface area contributed by atoms with Crippen LogP contribution in [-0.2, 0) is 24.2 Å². The van der Waals surface area contributed by atoms with Crippen molar-refractivity contribution in [1.82, 2.24) is 20.1 Å². The Balaban J connectivity index is 1.26. The molecule has 0 spiro atoms. The molecule has 2 aromatic heterocycles. The van der Waals surface area contributed by atoms with Gasteiger partial charge < -0.3 is 15.0 Å². The van der Waals surface area contributed by atoms with E-state index in [0.29, 0.717) is 5.15 Å². The van der Waals surface area contributed by atoms with Gasteiger partial charge in [-0.15, -0.1) is 0 Å². The lowest BCUT2D eigenvalue weighted by Crippen LogP contribution is -2.58. The molecule has 0 unspecified atom stereocenters. The van der Waals surface area contributed by atoms with Crippen molar-refractivity contribution in [2.75, 3.05) is 11.4 Å². The lowest BCUT2D eigenvalue weighted by molar-refractivity contribution is -0.00519. The van der Waals surface area contributed by atoms with E-state index in [9.17, 15) is 4.79 Å². The normalized spacial score (nSPS) is 26.3. The second-order valence-corrected chi connectivity index (χ2v) is 12.0. The molecule has 1 amide bonds. The van der Waals surface area contributed by atoms with E-state index < -0.39 is 5.60 Å². The molecule has 6 rings (SSSR count). The summed E-state index contributed by atoms with van der Waals surface area (Å²) in [7, 11) is 0. The zero-order valence-electron chi connectivity index (χ0n) is 20.8. The van der Waals surface area contributed by atoms with Gasteiger partial charge in [-0.25, -0.2) is 9.78 Å². The van der Waals surface area contributed by atoms with Gasteiger partial charge in [0.15, 0.2) is 0 Å². The first-order valence-corrected chi connectivity index (χ1v) is 12.9. The van der Waals surface area contributed by atoms with Crippen molar-refractivity contribution in [3.63, 3.8) is 0 Å². The quantitative estimate of drug-likeness (QED) is 0.585. The van der Waals surface area contributed by atoms with E-state index in [1.165, 1.54) is 11.3 Å². The van der Waals surface area contributed by atoms with Crippen molar-refractivity contribution in [3.05, 3.63) is 40.4 Å². The molecule has 3 aliphatic carbocycles. The zero-order valence-corrected chi connectivity index (χ0v) is 21.5. The molecule has 0 atom stereocenters. The van der Waals surface area contributed by atoms with Crippen LogP contribution in [0.5, 0.6) is 0 Å². The van der Waals surface area contributed by atoms with Gasteiger partial charge >= 0.3 is 6.09 Å². The van der Waals surface area contributed by atoms with E-state index in [0.717, 1.165) is 76.0 Å². The molecule has 0 radical (unpaired) electrons. The van der Waals surface area contributed by atoms with Gasteiger partial charge in [0.05, 0.1) is 5.69 Å². The summed E-state index contributed by atoms with van der Waals surface area (Å²) in [5.74, 6) is 0. The summed E-state index contributed by atoms with van der Waals surface area (Å²) in [6, 6.07) is 3.96. The van der Waals surface area contributed by atoms with Crippen LogP contribution in [0.3, 0.4) is 0 Å². The summed E-state index contributed by atoms with van der Waals surface area (Å²) in [4.78, 5) is 18.9. The minimum Gasteiger partial charge on any atom is -0.444 e. The molecule has 2 bridgehead atoms. The van der Waals surface area contributed by atoms with Gasteiger partial charge in [0.1, 0.15) is 10.8 Å². The molecule has 0 saturated heterocycles. The third-order valence-electron chi connectivity index (χ3n) is 8.06. The van der Waals surface area contributed by atoms with Crippen LogP contribution in [-0.4, -0.2) is 38.5 Å². The van der Waals surface area contributed by atoms with Gasteiger partial charge in [-0.3, -0.25) is 4.68 Å². The number of carbonyl (C=O) groups is 1. The van der Waals surface area contributed by atoms with Gasteiger partial charge in [-0.05, 0) is 83.8 Å². The van der Waals surface area contributed by atoms with Crippen LogP contribution in [0.25, 0.3) is 0 Å². The maximum Gasteiger partial charge on any atom is 0.408 e. The first kappa shape index (κ1) is 23.5. The first-order chi connectivity index (χ1) is 16.1. The lowest BCUT2D eigenvalue weighted by atomic mass is 9.57. The first-order valence-electron chi connectivity index (χ1n) is 12.5. The number of carbonyl (C=O) groups excluding carboxylic acids is 1. The van der Waals surface area contributed by atoms with E-state index in [2.05, 4.69) is 26.8 Å². The Kier molecular flexibility index (Phi) is 5.82. The van der Waals surface area contributed by atoms with Crippen molar-refractivity contribution in [2.24, 2.45) is 5.41 Å². The van der Waals surface area contributed by atoms with Gasteiger partial charge in [0.2, 0.25) is 0 Å². The molecular weight excluding hydrogens is 450 g/mol. The molecular formula is C26H36ClN5O2. The van der Waals surface area contributed by atoms with Crippen molar-refractivity contribution < 1.29 is 9.53 Å². The number of pyridine rings is 1. The predicted molar refractivity (Wildman–Crippen MR) is 133 cm³/mol. The number of hydrogen-bond donors (Lipinski definition) is 1. The minimum atomic E-state index is -0.468. The third-order valence-corrected chi connectivity index (χ3v) is 8.27. The summed E-state index contributed by atoms with van der Waals surface area (Å²) >= 11 is 6.12. The predicted octanol–water partition coefficient (Wildman–Crippen LogP) is 5.42. The van der Waals surface area contributed by atoms with Crippen LogP contribution in [0, 0.1) is 12.3 Å². The maximum atomic E-state index is 12.4. The van der Waals surface area contributed by atoms with E-state index in [4.69, 9.17) is 21.4 Å². The maximum absolute atomic E-state index is 12.4. The molecule has 1 aliphatic heterocycles. The number of hydrogen-bond acceptors (Lipinski definition) is 5. The Morgan fingerprint density at radius 2 is 1.91 bits per heavy atom. The number of aryl methyl sites for hydroxylation is 1. The summed E-state index contributed by atoms with van der Waals surface area (Å²) in [6.45, 7) is 10.7. The number of nitrogens with one attached hydrogen (secondary N) is 1. The SMILES string of the molecule is Cc1nn(CC23CCC(NC(=O)OC(C)(C)C)(CC2)CC3)c2c1CN(c1ccnc(Cl)c1)CC2. The number of fused-ring (bicyclic) bond motifs is 4. The van der Waals surface area contributed by atoms with Crippen LogP contribution in [0.1, 0.15) is 76.2 Å². The summed E-state index contributed by atoms with van der Waals surface area (Å²) < 4.78 is 7.85. The topological polar surface area (TPSA) is 72.3 Å². The van der Waals surface area contributed by atoms with E-state index in [1.807, 2.05) is 32.9 Å². The fourth-order valence-electron chi connectivity index (χ4n) is 6.13. The van der Waals surface area contributed by atoms with E-state index in [-0.39, 0.29) is 17.0 Å². The van der Waals surface area contributed by atoms with Crippen molar-refractivity contribution in [1.29, 1.82) is 0 Å². The molecule has 34 heavy (non-hydrogen) atoms. The number of alkyl carbamates (subject to hydrolysis) is 1. The Morgan fingerprint density at radius 1 is 1.21 bits per heavy atom. The summed E-state index contributed by atoms with van der Waals surface area (Å²) in [6.07, 6.45) is 8.90. The highest BCUT2D eigenvalue weighted by Gasteiger charge is 2.50. The smallest absolute Gasteiger partial charge is 0.408 e. The standard InChI is InChI=1S/C26H36ClN5O2/c1-18-20-16-31(19-5-13-28-22(27)15-19)14-6-21(20)32(30-18)17-25-7-10-26(11-8-25,12-9-25)29-23(33)34-24(2,3)4/h5,13,15H,6-12,14,16-17H2,1-4H3,(H,29,33). The molecule has 8 heteroatoms. The summed E-state index contributed by atoms with van der Waals surface area (Å²) in [5.41, 5.74) is 4.69. The fourth-order valence-corrected chi connectivity index (χ4v) is 6.30. The van der Waals surface area contributed by atoms with Crippen LogP contribution in [0.4, 0.5) is 10.5 Å². The second kappa shape index (κ2) is 8.43. The monoisotopic (exact) mass is 485 g/mol. The molecule has 3 saturated carbocycles. The Labute approximate surface area is 207 Å². The average Bonchev–Trinajstić information content (AvgIpc) is 3.08. The number of ether oxygens (including phenoxy) is 1. The van der Waals surface area contributed by atoms with E-state index >= 15 is 0 Å². The number of aromatic nitrogens is 3. The van der Waals surface area contributed by atoms with Crippen molar-refractivity contribution in [3.8, 4) is 0 Å². The molecule has 3 heterocycles. The Hall–Kier alpha value is -2.28. The van der Waals surface area contributed by atoms with Crippen LogP contribution >= 0.6 is 11.6 Å². The van der Waals surface area contributed by atoms with E-state index in [1.54, 1.807) is 6.20 Å². The highest BCUT2D eigenvalue weighted by molar-refractivity contribution is 6.29. The van der Waals surface area contributed by atoms with Gasteiger partial charge in [0.25, 0.3) is 0 Å². The summed E-state index contributed by atoms with van der Waals surface area (Å²) in [5, 5.41) is 8.77. The molecule has 3 fully saturated rings. The molecule has 7 nitrogen and oxygen atoms in total. The second-order valence-electron chi connectivity index (χ2n) is 11.6. The van der Waals surface area contributed by atoms with Crippen molar-refractivity contribution >= 4 is 23.4 Å². The molecule has 2 aromatic rings. The van der Waals surface area contributed by atoms with Crippen molar-refractivity contribution in [2.45, 2.75) is 96.9 Å². The highest BCUT2D eigenvalue weighted by atomic mass is 35.5. The molecule has 4 aliphatic rings. The fraction of sp³-hybridized carbons (Fsp3) is 0.654. The van der Waals surface area contributed by atoms with Gasteiger partial charge in [0, 0.05) is 54.7 Å². The number of halogens is 1. The number of rotatable bonds is 4. The van der Waals surface area contributed by atoms with Gasteiger partial charge in [-0.2, -0.15) is 5.10 Å². The number of amides is 1. The Morgan fingerprint density at radius 3 is 2.56 bits per heavy atom. The van der Waals surface area contributed by atoms with Gasteiger partial charge in [-0.1, -0.05) is 11.6 Å². The number of nitrogens with zero attached hydrogens (tertiary/aromatic N) is 4. The van der Waals surface area contributed by atoms with Crippen LogP contribution < -0.4 is 10.2 Å². The third kappa shape index (κ3) is 4.64. The minimum absolute atomic E-state index is 0.101. The Bertz CT molecular complexity index is 1060.